The summed E-state index contributed by atoms with van der Waals surface area (Å²) >= 11 is 5.97. The number of benzene rings is 1. The molecule has 1 aliphatic rings. The Kier molecular flexibility index (Phi) is 3.31. The molecule has 6 heteroatoms. The second kappa shape index (κ2) is 4.73. The van der Waals surface area contributed by atoms with Crippen molar-refractivity contribution in [2.75, 3.05) is 24.7 Å². The number of amides is 1. The van der Waals surface area contributed by atoms with Gasteiger partial charge >= 0.3 is 5.97 Å². The average molecular weight is 256 g/mol. The number of aromatic carboxylic acids is 1. The highest BCUT2D eigenvalue weighted by Gasteiger charge is 2.23. The van der Waals surface area contributed by atoms with E-state index in [0.717, 1.165) is 0 Å². The van der Waals surface area contributed by atoms with E-state index in [1.165, 1.54) is 23.1 Å². The lowest BCUT2D eigenvalue weighted by Gasteiger charge is -2.27. The minimum atomic E-state index is -1.05. The summed E-state index contributed by atoms with van der Waals surface area (Å²) in [6.45, 7) is 0.786. The van der Waals surface area contributed by atoms with E-state index in [4.69, 9.17) is 21.4 Å². The van der Waals surface area contributed by atoms with Gasteiger partial charge in [-0.05, 0) is 18.2 Å². The number of carbonyl (C=O) groups is 2. The minimum absolute atomic E-state index is 0.00632. The summed E-state index contributed by atoms with van der Waals surface area (Å²) < 4.78 is 5.00. The molecule has 1 aromatic rings. The maximum absolute atomic E-state index is 11.6. The van der Waals surface area contributed by atoms with E-state index in [1.807, 2.05) is 0 Å². The molecule has 0 radical (unpaired) electrons. The molecule has 17 heavy (non-hydrogen) atoms. The van der Waals surface area contributed by atoms with Gasteiger partial charge in [-0.2, -0.15) is 0 Å². The fourth-order valence-electron chi connectivity index (χ4n) is 1.63. The zero-order valence-corrected chi connectivity index (χ0v) is 9.61. The van der Waals surface area contributed by atoms with Crippen molar-refractivity contribution < 1.29 is 19.4 Å². The Hall–Kier alpha value is -1.59. The van der Waals surface area contributed by atoms with Crippen LogP contribution in [0.1, 0.15) is 10.4 Å². The first-order chi connectivity index (χ1) is 8.09. The van der Waals surface area contributed by atoms with Crippen molar-refractivity contribution in [2.24, 2.45) is 0 Å². The van der Waals surface area contributed by atoms with E-state index >= 15 is 0 Å². The van der Waals surface area contributed by atoms with Crippen molar-refractivity contribution in [3.05, 3.63) is 28.8 Å². The molecule has 2 rings (SSSR count). The Balaban J connectivity index is 2.39. The molecular formula is C11H10ClNO4. The summed E-state index contributed by atoms with van der Waals surface area (Å²) in [5.41, 5.74) is 0.517. The molecule has 0 aliphatic carbocycles. The molecule has 0 atom stereocenters. The number of morpholine rings is 1. The van der Waals surface area contributed by atoms with Gasteiger partial charge in [0.15, 0.2) is 0 Å². The van der Waals surface area contributed by atoms with Gasteiger partial charge in [-0.25, -0.2) is 4.79 Å². The van der Waals surface area contributed by atoms with E-state index in [0.29, 0.717) is 23.9 Å². The maximum atomic E-state index is 11.6. The van der Waals surface area contributed by atoms with Gasteiger partial charge in [0.05, 0.1) is 22.9 Å². The molecule has 0 saturated carbocycles. The fraction of sp³-hybridized carbons (Fsp3) is 0.273. The average Bonchev–Trinajstić information content (AvgIpc) is 2.30. The van der Waals surface area contributed by atoms with Gasteiger partial charge in [-0.3, -0.25) is 4.79 Å². The zero-order valence-electron chi connectivity index (χ0n) is 8.85. The SMILES string of the molecule is O=C(O)c1ccc(Cl)c(N2CCOCC2=O)c1. The monoisotopic (exact) mass is 255 g/mol. The van der Waals surface area contributed by atoms with Gasteiger partial charge < -0.3 is 14.7 Å². The molecule has 0 aromatic heterocycles. The summed E-state index contributed by atoms with van der Waals surface area (Å²) in [6.07, 6.45) is 0. The molecule has 1 heterocycles. The standard InChI is InChI=1S/C11H10ClNO4/c12-8-2-1-7(11(15)16)5-9(8)13-3-4-17-6-10(13)14/h1-2,5H,3-4,6H2,(H,15,16). The van der Waals surface area contributed by atoms with Crippen LogP contribution in [0, 0.1) is 0 Å². The van der Waals surface area contributed by atoms with Crippen molar-refractivity contribution in [3.8, 4) is 0 Å². The van der Waals surface area contributed by atoms with Gasteiger partial charge in [0.1, 0.15) is 6.61 Å². The number of nitrogens with zero attached hydrogens (tertiary/aromatic N) is 1. The molecule has 1 aromatic carbocycles. The van der Waals surface area contributed by atoms with Crippen LogP contribution in [0.2, 0.25) is 5.02 Å². The normalized spacial score (nSPS) is 16.1. The van der Waals surface area contributed by atoms with Gasteiger partial charge in [0, 0.05) is 6.54 Å². The lowest BCUT2D eigenvalue weighted by atomic mass is 10.2. The second-order valence-corrected chi connectivity index (χ2v) is 3.98. The number of hydrogen-bond donors (Lipinski definition) is 1. The first kappa shape index (κ1) is 11.9. The predicted octanol–water partition coefficient (Wildman–Crippen LogP) is 1.40. The van der Waals surface area contributed by atoms with Crippen LogP contribution in [-0.4, -0.2) is 36.7 Å². The van der Waals surface area contributed by atoms with Crippen molar-refractivity contribution >= 4 is 29.2 Å². The van der Waals surface area contributed by atoms with E-state index in [2.05, 4.69) is 0 Å². The minimum Gasteiger partial charge on any atom is -0.478 e. The number of anilines is 1. The van der Waals surface area contributed by atoms with Crippen LogP contribution in [0.4, 0.5) is 5.69 Å². The molecule has 1 saturated heterocycles. The van der Waals surface area contributed by atoms with Crippen LogP contribution in [0.3, 0.4) is 0 Å². The number of carbonyl (C=O) groups excluding carboxylic acids is 1. The highest BCUT2D eigenvalue weighted by atomic mass is 35.5. The van der Waals surface area contributed by atoms with Crippen molar-refractivity contribution in [3.63, 3.8) is 0 Å². The largest absolute Gasteiger partial charge is 0.478 e. The molecule has 0 spiro atoms. The van der Waals surface area contributed by atoms with Crippen LogP contribution in [-0.2, 0) is 9.53 Å². The molecule has 1 N–H and O–H groups in total. The maximum Gasteiger partial charge on any atom is 0.335 e. The Bertz CT molecular complexity index is 475. The van der Waals surface area contributed by atoms with Crippen LogP contribution < -0.4 is 4.90 Å². The first-order valence-electron chi connectivity index (χ1n) is 5.00. The first-order valence-corrected chi connectivity index (χ1v) is 5.38. The Morgan fingerprint density at radius 2 is 2.24 bits per heavy atom. The number of halogens is 1. The lowest BCUT2D eigenvalue weighted by molar-refractivity contribution is -0.125. The van der Waals surface area contributed by atoms with Crippen LogP contribution in [0.25, 0.3) is 0 Å². The van der Waals surface area contributed by atoms with Gasteiger partial charge in [0.25, 0.3) is 5.91 Å². The van der Waals surface area contributed by atoms with Crippen molar-refractivity contribution in [1.82, 2.24) is 0 Å². The van der Waals surface area contributed by atoms with Crippen LogP contribution in [0.5, 0.6) is 0 Å². The smallest absolute Gasteiger partial charge is 0.335 e. The van der Waals surface area contributed by atoms with Gasteiger partial charge in [-0.1, -0.05) is 11.6 Å². The molecule has 1 aliphatic heterocycles. The topological polar surface area (TPSA) is 66.8 Å². The Labute approximate surface area is 103 Å². The quantitative estimate of drug-likeness (QED) is 0.868. The lowest BCUT2D eigenvalue weighted by Crippen LogP contribution is -2.41. The molecule has 1 amide bonds. The summed E-state index contributed by atoms with van der Waals surface area (Å²) in [6, 6.07) is 4.27. The summed E-state index contributed by atoms with van der Waals surface area (Å²) in [5, 5.41) is 9.25. The predicted molar refractivity (Wildman–Crippen MR) is 61.6 cm³/mol. The Morgan fingerprint density at radius 1 is 1.47 bits per heavy atom. The molecule has 0 bridgehead atoms. The van der Waals surface area contributed by atoms with Gasteiger partial charge in [0.2, 0.25) is 0 Å². The van der Waals surface area contributed by atoms with E-state index < -0.39 is 5.97 Å². The fourth-order valence-corrected chi connectivity index (χ4v) is 1.84. The molecular weight excluding hydrogens is 246 g/mol. The van der Waals surface area contributed by atoms with E-state index in [1.54, 1.807) is 0 Å². The highest BCUT2D eigenvalue weighted by molar-refractivity contribution is 6.34. The number of rotatable bonds is 2. The van der Waals surface area contributed by atoms with Crippen molar-refractivity contribution in [1.29, 1.82) is 0 Å². The van der Waals surface area contributed by atoms with Crippen LogP contribution >= 0.6 is 11.6 Å². The highest BCUT2D eigenvalue weighted by Crippen LogP contribution is 2.28. The number of ether oxygens (including phenoxy) is 1. The van der Waals surface area contributed by atoms with Gasteiger partial charge in [-0.15, -0.1) is 0 Å². The molecule has 1 fully saturated rings. The Morgan fingerprint density at radius 3 is 2.88 bits per heavy atom. The number of hydrogen-bond acceptors (Lipinski definition) is 3. The van der Waals surface area contributed by atoms with E-state index in [9.17, 15) is 9.59 Å². The zero-order chi connectivity index (χ0) is 12.4. The third-order valence-electron chi connectivity index (χ3n) is 2.47. The summed E-state index contributed by atoms with van der Waals surface area (Å²) in [4.78, 5) is 23.9. The third kappa shape index (κ3) is 2.40. The number of carboxylic acid groups (broad SMARTS) is 1. The van der Waals surface area contributed by atoms with E-state index in [-0.39, 0.29) is 18.1 Å². The summed E-state index contributed by atoms with van der Waals surface area (Å²) in [5.74, 6) is -1.27. The second-order valence-electron chi connectivity index (χ2n) is 3.57. The summed E-state index contributed by atoms with van der Waals surface area (Å²) in [7, 11) is 0. The number of carboxylic acids is 1. The van der Waals surface area contributed by atoms with Crippen LogP contribution in [0.15, 0.2) is 18.2 Å². The molecule has 0 unspecified atom stereocenters. The van der Waals surface area contributed by atoms with Crippen molar-refractivity contribution in [2.45, 2.75) is 0 Å². The third-order valence-corrected chi connectivity index (χ3v) is 2.79. The molecule has 5 nitrogen and oxygen atoms in total. The molecule has 90 valence electrons.